The van der Waals surface area contributed by atoms with Gasteiger partial charge in [0.2, 0.25) is 0 Å². The third-order valence-corrected chi connectivity index (χ3v) is 6.19. The average molecular weight is 387 g/mol. The number of furan rings is 1. The number of aryl methyl sites for hydroxylation is 2. The van der Waals surface area contributed by atoms with E-state index in [2.05, 4.69) is 66.9 Å². The number of pyridine rings is 1. The maximum Gasteiger partial charge on any atom is 0.156 e. The van der Waals surface area contributed by atoms with Crippen LogP contribution in [-0.2, 0) is 0 Å². The Labute approximate surface area is 170 Å². The molecule has 3 heterocycles. The minimum Gasteiger partial charge on any atom is -0.496 e. The highest BCUT2D eigenvalue weighted by Gasteiger charge is 2.34. The number of benzene rings is 2. The van der Waals surface area contributed by atoms with Crippen molar-refractivity contribution in [2.45, 2.75) is 33.9 Å². The summed E-state index contributed by atoms with van der Waals surface area (Å²) in [6, 6.07) is 10.8. The fourth-order valence-electron chi connectivity index (χ4n) is 4.51. The van der Waals surface area contributed by atoms with Crippen LogP contribution >= 0.6 is 0 Å². The zero-order valence-corrected chi connectivity index (χ0v) is 17.7. The van der Waals surface area contributed by atoms with Gasteiger partial charge in [-0.3, -0.25) is 4.98 Å². The van der Waals surface area contributed by atoms with Crippen LogP contribution in [0.15, 0.2) is 40.9 Å². The van der Waals surface area contributed by atoms with E-state index in [0.717, 1.165) is 44.6 Å². The van der Waals surface area contributed by atoms with Crippen molar-refractivity contribution in [3.8, 4) is 5.75 Å². The van der Waals surface area contributed by atoms with Gasteiger partial charge in [-0.2, -0.15) is 0 Å². The van der Waals surface area contributed by atoms with Crippen LogP contribution in [0.5, 0.6) is 5.75 Å². The molecule has 5 heteroatoms. The Kier molecular flexibility index (Phi) is 3.78. The largest absolute Gasteiger partial charge is 0.496 e. The van der Waals surface area contributed by atoms with Gasteiger partial charge in [0.1, 0.15) is 17.5 Å². The zero-order chi connectivity index (χ0) is 20.4. The quantitative estimate of drug-likeness (QED) is 0.432. The summed E-state index contributed by atoms with van der Waals surface area (Å²) < 4.78 is 11.8. The lowest BCUT2D eigenvalue weighted by atomic mass is 10.1. The van der Waals surface area contributed by atoms with Crippen LogP contribution in [0, 0.1) is 20.8 Å². The van der Waals surface area contributed by atoms with Crippen molar-refractivity contribution in [2.75, 3.05) is 24.0 Å². The van der Waals surface area contributed by atoms with Gasteiger partial charge in [0.05, 0.1) is 24.2 Å². The fourth-order valence-corrected chi connectivity index (χ4v) is 4.51. The van der Waals surface area contributed by atoms with Crippen LogP contribution in [-0.4, -0.2) is 25.3 Å². The second-order valence-corrected chi connectivity index (χ2v) is 7.94. The predicted octanol–water partition coefficient (Wildman–Crippen LogP) is 5.85. The van der Waals surface area contributed by atoms with Gasteiger partial charge in [0, 0.05) is 41.3 Å². The number of anilines is 3. The Hall–Kier alpha value is -3.21. The molecule has 4 aromatic rings. The molecular weight excluding hydrogens is 362 g/mol. The predicted molar refractivity (Wildman–Crippen MR) is 119 cm³/mol. The average Bonchev–Trinajstić information content (AvgIpc) is 3.18. The zero-order valence-electron chi connectivity index (χ0n) is 17.7. The van der Waals surface area contributed by atoms with E-state index in [9.17, 15) is 0 Å². The number of ether oxygens (including phenoxy) is 1. The molecule has 0 radical (unpaired) electrons. The number of hydrogen-bond donors (Lipinski definition) is 0. The van der Waals surface area contributed by atoms with Crippen molar-refractivity contribution in [1.82, 2.24) is 4.98 Å². The molecule has 0 fully saturated rings. The standard InChI is InChI=1S/C24H25N3O2/c1-13-9-19(14(2)22(10-13)28-6)27-16(4)26(5)20-12-23-18(11-21(20)27)17-7-8-25-15(3)24(17)29-23/h7-12,16H,1-6H3/t16-/m0/s1. The number of nitrogens with zero attached hydrogens (tertiary/aromatic N) is 3. The first-order valence-electron chi connectivity index (χ1n) is 9.90. The SMILES string of the molecule is COc1cc(C)cc(N2c3cc4c(cc3N(C)[C@@H]2C)oc2c(C)nccc24)c1C. The molecule has 1 aliphatic rings. The number of hydrogen-bond acceptors (Lipinski definition) is 5. The summed E-state index contributed by atoms with van der Waals surface area (Å²) in [7, 11) is 3.86. The Balaban J connectivity index is 1.79. The van der Waals surface area contributed by atoms with Crippen molar-refractivity contribution < 1.29 is 9.15 Å². The molecule has 0 saturated heterocycles. The smallest absolute Gasteiger partial charge is 0.156 e. The van der Waals surface area contributed by atoms with Gasteiger partial charge in [-0.15, -0.1) is 0 Å². The summed E-state index contributed by atoms with van der Waals surface area (Å²) in [5, 5.41) is 2.23. The third kappa shape index (κ3) is 2.43. The first-order valence-corrected chi connectivity index (χ1v) is 9.90. The summed E-state index contributed by atoms with van der Waals surface area (Å²) in [5.74, 6) is 0.917. The van der Waals surface area contributed by atoms with Crippen LogP contribution in [0.3, 0.4) is 0 Å². The number of aromatic nitrogens is 1. The number of fused-ring (bicyclic) bond motifs is 4. The summed E-state index contributed by atoms with van der Waals surface area (Å²) in [6.07, 6.45) is 2.03. The minimum absolute atomic E-state index is 0.177. The summed E-state index contributed by atoms with van der Waals surface area (Å²) in [6.45, 7) is 8.45. The number of rotatable bonds is 2. The van der Waals surface area contributed by atoms with Crippen molar-refractivity contribution in [2.24, 2.45) is 0 Å². The van der Waals surface area contributed by atoms with Crippen LogP contribution < -0.4 is 14.5 Å². The van der Waals surface area contributed by atoms with Gasteiger partial charge in [-0.1, -0.05) is 0 Å². The summed E-state index contributed by atoms with van der Waals surface area (Å²) >= 11 is 0. The van der Waals surface area contributed by atoms with Crippen LogP contribution in [0.25, 0.3) is 21.9 Å². The van der Waals surface area contributed by atoms with Crippen LogP contribution in [0.2, 0.25) is 0 Å². The Morgan fingerprint density at radius 3 is 2.55 bits per heavy atom. The van der Waals surface area contributed by atoms with Gasteiger partial charge in [-0.05, 0) is 57.5 Å². The van der Waals surface area contributed by atoms with E-state index in [1.165, 1.54) is 16.9 Å². The highest BCUT2D eigenvalue weighted by Crippen LogP contribution is 2.48. The van der Waals surface area contributed by atoms with Gasteiger partial charge in [0.15, 0.2) is 5.58 Å². The van der Waals surface area contributed by atoms with Crippen molar-refractivity contribution >= 4 is 39.0 Å². The maximum atomic E-state index is 6.18. The highest BCUT2D eigenvalue weighted by atomic mass is 16.5. The summed E-state index contributed by atoms with van der Waals surface area (Å²) in [5.41, 5.74) is 8.51. The molecule has 1 aliphatic heterocycles. The second kappa shape index (κ2) is 6.14. The van der Waals surface area contributed by atoms with Gasteiger partial charge >= 0.3 is 0 Å². The van der Waals surface area contributed by atoms with Gasteiger partial charge in [0.25, 0.3) is 0 Å². The van der Waals surface area contributed by atoms with Crippen molar-refractivity contribution in [3.63, 3.8) is 0 Å². The Morgan fingerprint density at radius 1 is 1.00 bits per heavy atom. The van der Waals surface area contributed by atoms with Crippen LogP contribution in [0.4, 0.5) is 17.1 Å². The van der Waals surface area contributed by atoms with E-state index in [0.29, 0.717) is 0 Å². The Morgan fingerprint density at radius 2 is 1.79 bits per heavy atom. The van der Waals surface area contributed by atoms with Crippen molar-refractivity contribution in [1.29, 1.82) is 0 Å². The van der Waals surface area contributed by atoms with E-state index in [1.54, 1.807) is 7.11 Å². The van der Waals surface area contributed by atoms with Crippen LogP contribution in [0.1, 0.15) is 23.7 Å². The Bertz CT molecular complexity index is 1270. The molecule has 5 rings (SSSR count). The first kappa shape index (κ1) is 17.9. The minimum atomic E-state index is 0.177. The summed E-state index contributed by atoms with van der Waals surface area (Å²) in [4.78, 5) is 9.07. The third-order valence-electron chi connectivity index (χ3n) is 6.19. The van der Waals surface area contributed by atoms with Gasteiger partial charge < -0.3 is 19.0 Å². The molecule has 0 aliphatic carbocycles. The van der Waals surface area contributed by atoms with E-state index in [-0.39, 0.29) is 6.17 Å². The molecule has 148 valence electrons. The fraction of sp³-hybridized carbons (Fsp3) is 0.292. The monoisotopic (exact) mass is 387 g/mol. The molecule has 2 aromatic heterocycles. The van der Waals surface area contributed by atoms with E-state index in [4.69, 9.17) is 9.15 Å². The van der Waals surface area contributed by atoms with Gasteiger partial charge in [-0.25, -0.2) is 0 Å². The van der Waals surface area contributed by atoms with E-state index < -0.39 is 0 Å². The molecule has 1 atom stereocenters. The number of methoxy groups -OCH3 is 1. The first-order chi connectivity index (χ1) is 13.9. The topological polar surface area (TPSA) is 41.7 Å². The lowest BCUT2D eigenvalue weighted by Crippen LogP contribution is -2.36. The molecule has 0 spiro atoms. The lowest BCUT2D eigenvalue weighted by molar-refractivity contribution is 0.411. The second-order valence-electron chi connectivity index (χ2n) is 7.94. The van der Waals surface area contributed by atoms with Crippen molar-refractivity contribution in [3.05, 3.63) is 53.3 Å². The molecule has 0 unspecified atom stereocenters. The van der Waals surface area contributed by atoms with E-state index in [1.807, 2.05) is 19.2 Å². The highest BCUT2D eigenvalue weighted by molar-refractivity contribution is 6.09. The molecule has 5 nitrogen and oxygen atoms in total. The lowest BCUT2D eigenvalue weighted by Gasteiger charge is -2.30. The molecule has 0 saturated carbocycles. The molecule has 0 N–H and O–H groups in total. The maximum absolute atomic E-state index is 6.18. The molecule has 0 bridgehead atoms. The molecule has 29 heavy (non-hydrogen) atoms. The molecule has 2 aromatic carbocycles. The molecular formula is C24H25N3O2. The molecule has 0 amide bonds. The normalized spacial score (nSPS) is 16.1. The van der Waals surface area contributed by atoms with E-state index >= 15 is 0 Å².